The minimum absolute atomic E-state index is 0.672. The third-order valence-electron chi connectivity index (χ3n) is 2.26. The first-order valence-corrected chi connectivity index (χ1v) is 5.49. The van der Waals surface area contributed by atoms with E-state index in [1.165, 1.54) is 17.5 Å². The molecule has 0 aliphatic rings. The van der Waals surface area contributed by atoms with Crippen molar-refractivity contribution in [1.29, 1.82) is 0 Å². The highest BCUT2D eigenvalue weighted by molar-refractivity contribution is 9.09. The third-order valence-corrected chi connectivity index (χ3v) is 2.72. The smallest absolute Gasteiger partial charge is 0.00370 e. The van der Waals surface area contributed by atoms with Gasteiger partial charge in [0.15, 0.2) is 0 Å². The molecule has 1 atom stereocenters. The number of alkyl halides is 1. The van der Waals surface area contributed by atoms with Crippen molar-refractivity contribution in [3.63, 3.8) is 0 Å². The van der Waals surface area contributed by atoms with Crippen molar-refractivity contribution in [2.75, 3.05) is 5.33 Å². The van der Waals surface area contributed by atoms with Gasteiger partial charge in [0, 0.05) is 5.33 Å². The van der Waals surface area contributed by atoms with E-state index in [0.717, 1.165) is 5.33 Å². The van der Waals surface area contributed by atoms with E-state index in [2.05, 4.69) is 54.0 Å². The molecule has 0 bridgehead atoms. The van der Waals surface area contributed by atoms with Gasteiger partial charge in [-0.25, -0.2) is 0 Å². The molecule has 0 radical (unpaired) electrons. The van der Waals surface area contributed by atoms with Gasteiger partial charge in [-0.15, -0.1) is 0 Å². The Bertz CT molecular complexity index is 243. The maximum Gasteiger partial charge on any atom is 0.00370 e. The molecule has 1 unspecified atom stereocenters. The van der Waals surface area contributed by atoms with Crippen LogP contribution in [0.15, 0.2) is 24.3 Å². The van der Waals surface area contributed by atoms with Crippen LogP contribution in [0.25, 0.3) is 0 Å². The second-order valence-electron chi connectivity index (χ2n) is 3.24. The molecular formula is C11H15Br. The number of benzene rings is 1. The highest BCUT2D eigenvalue weighted by Gasteiger charge is 2.05. The van der Waals surface area contributed by atoms with Gasteiger partial charge in [0.2, 0.25) is 0 Å². The molecular weight excluding hydrogens is 212 g/mol. The fourth-order valence-corrected chi connectivity index (χ4v) is 2.15. The minimum atomic E-state index is 0.672. The molecule has 0 heterocycles. The monoisotopic (exact) mass is 226 g/mol. The zero-order valence-corrected chi connectivity index (χ0v) is 9.26. The van der Waals surface area contributed by atoms with E-state index in [-0.39, 0.29) is 0 Å². The van der Waals surface area contributed by atoms with E-state index in [4.69, 9.17) is 0 Å². The first kappa shape index (κ1) is 9.79. The topological polar surface area (TPSA) is 0 Å². The standard InChI is InChI=1S/C11H15Br/c1-9-5-3-4-6-11(9)10(2)7-8-12/h3-6,10H,7-8H2,1-2H3. The molecule has 0 N–H and O–H groups in total. The van der Waals surface area contributed by atoms with Crippen LogP contribution in [0, 0.1) is 6.92 Å². The molecule has 0 amide bonds. The van der Waals surface area contributed by atoms with E-state index in [0.29, 0.717) is 5.92 Å². The number of aryl methyl sites for hydroxylation is 1. The Morgan fingerprint density at radius 2 is 2.00 bits per heavy atom. The quantitative estimate of drug-likeness (QED) is 0.687. The van der Waals surface area contributed by atoms with Gasteiger partial charge < -0.3 is 0 Å². The summed E-state index contributed by atoms with van der Waals surface area (Å²) < 4.78 is 0. The first-order chi connectivity index (χ1) is 5.75. The zero-order valence-electron chi connectivity index (χ0n) is 7.68. The van der Waals surface area contributed by atoms with Gasteiger partial charge in [-0.1, -0.05) is 47.1 Å². The molecule has 0 nitrogen and oxygen atoms in total. The highest BCUT2D eigenvalue weighted by Crippen LogP contribution is 2.22. The first-order valence-electron chi connectivity index (χ1n) is 4.37. The Morgan fingerprint density at radius 3 is 2.58 bits per heavy atom. The van der Waals surface area contributed by atoms with E-state index in [1.54, 1.807) is 0 Å². The Labute approximate surface area is 83.1 Å². The van der Waals surface area contributed by atoms with E-state index >= 15 is 0 Å². The van der Waals surface area contributed by atoms with Gasteiger partial charge in [0.25, 0.3) is 0 Å². The molecule has 1 rings (SSSR count). The zero-order chi connectivity index (χ0) is 8.97. The lowest BCUT2D eigenvalue weighted by Gasteiger charge is -2.12. The summed E-state index contributed by atoms with van der Waals surface area (Å²) in [7, 11) is 0. The second kappa shape index (κ2) is 4.66. The molecule has 66 valence electrons. The van der Waals surface area contributed by atoms with E-state index in [1.807, 2.05) is 0 Å². The van der Waals surface area contributed by atoms with Crippen molar-refractivity contribution in [2.24, 2.45) is 0 Å². The summed E-state index contributed by atoms with van der Waals surface area (Å²) in [5.41, 5.74) is 2.89. The molecule has 0 spiro atoms. The summed E-state index contributed by atoms with van der Waals surface area (Å²) in [4.78, 5) is 0. The summed E-state index contributed by atoms with van der Waals surface area (Å²) >= 11 is 3.47. The Balaban J connectivity index is 2.79. The molecule has 12 heavy (non-hydrogen) atoms. The van der Waals surface area contributed by atoms with Gasteiger partial charge in [0.1, 0.15) is 0 Å². The molecule has 0 fully saturated rings. The molecule has 1 aromatic rings. The van der Waals surface area contributed by atoms with Crippen molar-refractivity contribution in [3.8, 4) is 0 Å². The second-order valence-corrected chi connectivity index (χ2v) is 4.03. The number of hydrogen-bond donors (Lipinski definition) is 0. The van der Waals surface area contributed by atoms with Crippen LogP contribution in [0.1, 0.15) is 30.4 Å². The lowest BCUT2D eigenvalue weighted by atomic mass is 9.95. The molecule has 0 aliphatic carbocycles. The largest absolute Gasteiger partial charge is 0.0928 e. The lowest BCUT2D eigenvalue weighted by molar-refractivity contribution is 0.738. The maximum absolute atomic E-state index is 3.47. The van der Waals surface area contributed by atoms with Crippen molar-refractivity contribution in [2.45, 2.75) is 26.2 Å². The number of halogens is 1. The molecule has 0 aromatic heterocycles. The normalized spacial score (nSPS) is 12.9. The van der Waals surface area contributed by atoms with Crippen LogP contribution in [0.3, 0.4) is 0 Å². The fourth-order valence-electron chi connectivity index (χ4n) is 1.46. The molecule has 1 heteroatoms. The van der Waals surface area contributed by atoms with Crippen LogP contribution < -0.4 is 0 Å². The van der Waals surface area contributed by atoms with E-state index < -0.39 is 0 Å². The van der Waals surface area contributed by atoms with Crippen LogP contribution in [-0.2, 0) is 0 Å². The Morgan fingerprint density at radius 1 is 1.33 bits per heavy atom. The van der Waals surface area contributed by atoms with Gasteiger partial charge in [-0.05, 0) is 30.4 Å². The summed E-state index contributed by atoms with van der Waals surface area (Å²) in [6.45, 7) is 4.46. The van der Waals surface area contributed by atoms with Crippen LogP contribution in [-0.4, -0.2) is 5.33 Å². The average Bonchev–Trinajstić information content (AvgIpc) is 2.05. The fraction of sp³-hybridized carbons (Fsp3) is 0.455. The van der Waals surface area contributed by atoms with Crippen LogP contribution in [0.4, 0.5) is 0 Å². The molecule has 0 saturated carbocycles. The summed E-state index contributed by atoms with van der Waals surface area (Å²) in [5, 5.41) is 1.09. The summed E-state index contributed by atoms with van der Waals surface area (Å²) in [5.74, 6) is 0.672. The lowest BCUT2D eigenvalue weighted by Crippen LogP contribution is -1.96. The molecule has 1 aromatic carbocycles. The average molecular weight is 227 g/mol. The van der Waals surface area contributed by atoms with Crippen LogP contribution >= 0.6 is 15.9 Å². The predicted octanol–water partition coefficient (Wildman–Crippen LogP) is 3.88. The van der Waals surface area contributed by atoms with Gasteiger partial charge in [-0.3, -0.25) is 0 Å². The Hall–Kier alpha value is -0.300. The summed E-state index contributed by atoms with van der Waals surface area (Å²) in [6, 6.07) is 8.62. The number of hydrogen-bond acceptors (Lipinski definition) is 0. The van der Waals surface area contributed by atoms with Crippen LogP contribution in [0.2, 0.25) is 0 Å². The van der Waals surface area contributed by atoms with Crippen molar-refractivity contribution in [1.82, 2.24) is 0 Å². The van der Waals surface area contributed by atoms with Crippen molar-refractivity contribution < 1.29 is 0 Å². The maximum atomic E-state index is 3.47. The van der Waals surface area contributed by atoms with Crippen molar-refractivity contribution in [3.05, 3.63) is 35.4 Å². The minimum Gasteiger partial charge on any atom is -0.0928 e. The summed E-state index contributed by atoms with van der Waals surface area (Å²) in [6.07, 6.45) is 1.21. The van der Waals surface area contributed by atoms with Gasteiger partial charge >= 0.3 is 0 Å². The molecule has 0 saturated heterocycles. The van der Waals surface area contributed by atoms with Gasteiger partial charge in [-0.2, -0.15) is 0 Å². The number of rotatable bonds is 3. The van der Waals surface area contributed by atoms with Crippen LogP contribution in [0.5, 0.6) is 0 Å². The Kier molecular flexibility index (Phi) is 3.80. The predicted molar refractivity (Wildman–Crippen MR) is 58.0 cm³/mol. The van der Waals surface area contributed by atoms with E-state index in [9.17, 15) is 0 Å². The SMILES string of the molecule is Cc1ccccc1C(C)CCBr. The third kappa shape index (κ3) is 2.34. The molecule has 0 aliphatic heterocycles. The van der Waals surface area contributed by atoms with Crippen molar-refractivity contribution >= 4 is 15.9 Å². The van der Waals surface area contributed by atoms with Gasteiger partial charge in [0.05, 0.1) is 0 Å². The highest BCUT2D eigenvalue weighted by atomic mass is 79.9.